The lowest BCUT2D eigenvalue weighted by molar-refractivity contribution is -0.137. The summed E-state index contributed by atoms with van der Waals surface area (Å²) < 4.78 is 39.6. The van der Waals surface area contributed by atoms with Gasteiger partial charge in [0.1, 0.15) is 0 Å². The van der Waals surface area contributed by atoms with Crippen molar-refractivity contribution in [2.24, 2.45) is 0 Å². The van der Waals surface area contributed by atoms with E-state index in [9.17, 15) is 13.2 Å². The van der Waals surface area contributed by atoms with E-state index in [-0.39, 0.29) is 11.7 Å². The SMILES string of the molecule is CC(CN1CCCCC1)Nc1ccc(Br)cc1C(F)(F)F. The molecular formula is C15H20BrF3N2. The molecule has 1 atom stereocenters. The summed E-state index contributed by atoms with van der Waals surface area (Å²) in [5.41, 5.74) is -0.474. The molecule has 1 unspecified atom stereocenters. The van der Waals surface area contributed by atoms with Gasteiger partial charge in [-0.1, -0.05) is 22.4 Å². The van der Waals surface area contributed by atoms with Gasteiger partial charge in [0.15, 0.2) is 0 Å². The van der Waals surface area contributed by atoms with Gasteiger partial charge in [-0.25, -0.2) is 0 Å². The van der Waals surface area contributed by atoms with E-state index in [0.29, 0.717) is 4.47 Å². The third-order valence-electron chi connectivity index (χ3n) is 3.67. The van der Waals surface area contributed by atoms with Crippen molar-refractivity contribution in [3.63, 3.8) is 0 Å². The Morgan fingerprint density at radius 1 is 1.24 bits per heavy atom. The summed E-state index contributed by atoms with van der Waals surface area (Å²) in [5, 5.41) is 3.01. The minimum atomic E-state index is -4.35. The van der Waals surface area contributed by atoms with Crippen molar-refractivity contribution < 1.29 is 13.2 Å². The minimum absolute atomic E-state index is 0.0228. The Kier molecular flexibility index (Phi) is 5.54. The molecule has 1 N–H and O–H groups in total. The molecule has 6 heteroatoms. The maximum Gasteiger partial charge on any atom is 0.418 e. The zero-order valence-electron chi connectivity index (χ0n) is 12.0. The van der Waals surface area contributed by atoms with Crippen molar-refractivity contribution in [3.8, 4) is 0 Å². The predicted octanol–water partition coefficient (Wildman–Crippen LogP) is 4.75. The average Bonchev–Trinajstić information content (AvgIpc) is 2.40. The molecule has 0 saturated carbocycles. The van der Waals surface area contributed by atoms with E-state index >= 15 is 0 Å². The number of nitrogens with zero attached hydrogens (tertiary/aromatic N) is 1. The van der Waals surface area contributed by atoms with Gasteiger partial charge in [-0.15, -0.1) is 0 Å². The predicted molar refractivity (Wildman–Crippen MR) is 82.5 cm³/mol. The number of piperidine rings is 1. The first kappa shape index (κ1) is 16.6. The van der Waals surface area contributed by atoms with Crippen LogP contribution < -0.4 is 5.32 Å². The zero-order chi connectivity index (χ0) is 15.5. The molecule has 118 valence electrons. The van der Waals surface area contributed by atoms with Crippen molar-refractivity contribution in [3.05, 3.63) is 28.2 Å². The molecule has 1 heterocycles. The number of alkyl halides is 3. The molecule has 0 radical (unpaired) electrons. The molecule has 1 fully saturated rings. The summed E-state index contributed by atoms with van der Waals surface area (Å²) in [4.78, 5) is 2.31. The molecule has 2 rings (SSSR count). The van der Waals surface area contributed by atoms with Crippen LogP contribution in [-0.4, -0.2) is 30.6 Å². The van der Waals surface area contributed by atoms with E-state index < -0.39 is 11.7 Å². The topological polar surface area (TPSA) is 15.3 Å². The molecule has 21 heavy (non-hydrogen) atoms. The summed E-state index contributed by atoms with van der Waals surface area (Å²) in [6.07, 6.45) is -0.738. The van der Waals surface area contributed by atoms with Gasteiger partial charge in [-0.05, 0) is 51.1 Å². The Balaban J connectivity index is 2.04. The van der Waals surface area contributed by atoms with Crippen LogP contribution in [-0.2, 0) is 6.18 Å². The lowest BCUT2D eigenvalue weighted by atomic mass is 10.1. The Bertz CT molecular complexity index is 470. The highest BCUT2D eigenvalue weighted by molar-refractivity contribution is 9.10. The molecule has 1 aromatic carbocycles. The van der Waals surface area contributed by atoms with Crippen LogP contribution in [0.4, 0.5) is 18.9 Å². The Morgan fingerprint density at radius 2 is 1.90 bits per heavy atom. The van der Waals surface area contributed by atoms with Crippen molar-refractivity contribution in [2.75, 3.05) is 25.0 Å². The molecule has 0 aliphatic carbocycles. The summed E-state index contributed by atoms with van der Waals surface area (Å²) >= 11 is 3.10. The molecule has 1 aromatic rings. The Morgan fingerprint density at radius 3 is 2.52 bits per heavy atom. The maximum absolute atomic E-state index is 13.1. The second kappa shape index (κ2) is 7.01. The fourth-order valence-corrected chi connectivity index (χ4v) is 3.08. The first-order chi connectivity index (χ1) is 9.86. The van der Waals surface area contributed by atoms with E-state index in [4.69, 9.17) is 0 Å². The highest BCUT2D eigenvalue weighted by Crippen LogP contribution is 2.36. The number of hydrogen-bond acceptors (Lipinski definition) is 2. The van der Waals surface area contributed by atoms with Crippen molar-refractivity contribution in [2.45, 2.75) is 38.4 Å². The molecule has 0 bridgehead atoms. The summed E-state index contributed by atoms with van der Waals surface area (Å²) in [5.74, 6) is 0. The fraction of sp³-hybridized carbons (Fsp3) is 0.600. The van der Waals surface area contributed by atoms with Crippen LogP contribution in [0, 0.1) is 0 Å². The van der Waals surface area contributed by atoms with Gasteiger partial charge in [0, 0.05) is 22.7 Å². The zero-order valence-corrected chi connectivity index (χ0v) is 13.6. The van der Waals surface area contributed by atoms with Crippen LogP contribution in [0.2, 0.25) is 0 Å². The summed E-state index contributed by atoms with van der Waals surface area (Å²) in [6.45, 7) is 4.78. The molecule has 0 amide bonds. The molecule has 0 aromatic heterocycles. The average molecular weight is 365 g/mol. The van der Waals surface area contributed by atoms with Crippen molar-refractivity contribution in [1.29, 1.82) is 0 Å². The highest BCUT2D eigenvalue weighted by atomic mass is 79.9. The van der Waals surface area contributed by atoms with Gasteiger partial charge in [0.25, 0.3) is 0 Å². The Labute approximate surface area is 131 Å². The number of benzene rings is 1. The van der Waals surface area contributed by atoms with E-state index in [1.54, 1.807) is 6.07 Å². The monoisotopic (exact) mass is 364 g/mol. The molecule has 1 aliphatic heterocycles. The molecule has 2 nitrogen and oxygen atoms in total. The number of anilines is 1. The fourth-order valence-electron chi connectivity index (χ4n) is 2.72. The summed E-state index contributed by atoms with van der Waals surface area (Å²) in [7, 11) is 0. The summed E-state index contributed by atoms with van der Waals surface area (Å²) in [6, 6.07) is 4.21. The lowest BCUT2D eigenvalue weighted by Crippen LogP contribution is -2.38. The second-order valence-electron chi connectivity index (χ2n) is 5.59. The van der Waals surface area contributed by atoms with E-state index in [1.165, 1.54) is 25.3 Å². The lowest BCUT2D eigenvalue weighted by Gasteiger charge is -2.30. The van der Waals surface area contributed by atoms with E-state index in [1.807, 2.05) is 6.92 Å². The number of halogens is 4. The quantitative estimate of drug-likeness (QED) is 0.828. The maximum atomic E-state index is 13.1. The van der Waals surface area contributed by atoms with Crippen LogP contribution >= 0.6 is 15.9 Å². The second-order valence-corrected chi connectivity index (χ2v) is 6.51. The minimum Gasteiger partial charge on any atom is -0.381 e. The molecule has 1 aliphatic rings. The smallest absolute Gasteiger partial charge is 0.381 e. The third-order valence-corrected chi connectivity index (χ3v) is 4.16. The standard InChI is InChI=1S/C15H20BrF3N2/c1-11(10-21-7-3-2-4-8-21)20-14-6-5-12(16)9-13(14)15(17,18)19/h5-6,9,11,20H,2-4,7-8,10H2,1H3. The van der Waals surface area contributed by atoms with Crippen molar-refractivity contribution in [1.82, 2.24) is 4.90 Å². The van der Waals surface area contributed by atoms with E-state index in [2.05, 4.69) is 26.1 Å². The van der Waals surface area contributed by atoms with Gasteiger partial charge in [0.2, 0.25) is 0 Å². The van der Waals surface area contributed by atoms with Gasteiger partial charge in [-0.3, -0.25) is 0 Å². The number of nitrogens with one attached hydrogen (secondary N) is 1. The largest absolute Gasteiger partial charge is 0.418 e. The number of rotatable bonds is 4. The van der Waals surface area contributed by atoms with Crippen LogP contribution in [0.15, 0.2) is 22.7 Å². The first-order valence-electron chi connectivity index (χ1n) is 7.22. The van der Waals surface area contributed by atoms with Crippen LogP contribution in [0.3, 0.4) is 0 Å². The van der Waals surface area contributed by atoms with Crippen LogP contribution in [0.5, 0.6) is 0 Å². The first-order valence-corrected chi connectivity index (χ1v) is 8.01. The third kappa shape index (κ3) is 4.88. The number of likely N-dealkylation sites (tertiary alicyclic amines) is 1. The van der Waals surface area contributed by atoms with Crippen LogP contribution in [0.25, 0.3) is 0 Å². The van der Waals surface area contributed by atoms with Crippen LogP contribution in [0.1, 0.15) is 31.7 Å². The highest BCUT2D eigenvalue weighted by Gasteiger charge is 2.34. The van der Waals surface area contributed by atoms with Gasteiger partial charge in [-0.2, -0.15) is 13.2 Å². The van der Waals surface area contributed by atoms with Gasteiger partial charge in [0.05, 0.1) is 5.56 Å². The number of hydrogen-bond donors (Lipinski definition) is 1. The van der Waals surface area contributed by atoms with Gasteiger partial charge >= 0.3 is 6.18 Å². The molecule has 0 spiro atoms. The van der Waals surface area contributed by atoms with Crippen molar-refractivity contribution >= 4 is 21.6 Å². The Hall–Kier alpha value is -0.750. The van der Waals surface area contributed by atoms with Gasteiger partial charge < -0.3 is 10.2 Å². The van der Waals surface area contributed by atoms with E-state index in [0.717, 1.165) is 25.7 Å². The normalized spacial score (nSPS) is 18.5. The molecule has 1 saturated heterocycles. The molecular weight excluding hydrogens is 345 g/mol.